The molecule has 4 rings (SSSR count). The number of rotatable bonds is 7. The maximum Gasteiger partial charge on any atom is 0.264 e. The summed E-state index contributed by atoms with van der Waals surface area (Å²) in [6.07, 6.45) is 5.29. The van der Waals surface area contributed by atoms with E-state index in [0.29, 0.717) is 5.69 Å². The number of nitrogens with one attached hydrogen (secondary N) is 1. The number of imidazole rings is 1. The SMILES string of the molecule is Cc1ccc(N(C)S(=O)(=O)c2cccc(C(=O)N[C@@H](C)c3ccc(-n4ccnc4)cc3)c2)cc1. The van der Waals surface area contributed by atoms with Crippen LogP contribution >= 0.6 is 0 Å². The lowest BCUT2D eigenvalue weighted by Gasteiger charge is -2.20. The van der Waals surface area contributed by atoms with E-state index in [0.717, 1.165) is 16.8 Å². The van der Waals surface area contributed by atoms with Gasteiger partial charge in [-0.15, -0.1) is 0 Å². The Morgan fingerprint density at radius 3 is 2.38 bits per heavy atom. The van der Waals surface area contributed by atoms with Crippen molar-refractivity contribution < 1.29 is 13.2 Å². The zero-order valence-corrected chi connectivity index (χ0v) is 20.0. The van der Waals surface area contributed by atoms with Gasteiger partial charge in [-0.25, -0.2) is 13.4 Å². The summed E-state index contributed by atoms with van der Waals surface area (Å²) in [4.78, 5) is 17.0. The fraction of sp³-hybridized carbons (Fsp3) is 0.154. The largest absolute Gasteiger partial charge is 0.346 e. The van der Waals surface area contributed by atoms with Crippen molar-refractivity contribution in [2.24, 2.45) is 0 Å². The summed E-state index contributed by atoms with van der Waals surface area (Å²) in [5, 5.41) is 2.95. The predicted molar refractivity (Wildman–Crippen MR) is 133 cm³/mol. The number of benzene rings is 3. The van der Waals surface area contributed by atoms with Crippen LogP contribution in [0.2, 0.25) is 0 Å². The minimum Gasteiger partial charge on any atom is -0.346 e. The van der Waals surface area contributed by atoms with Crippen molar-refractivity contribution in [2.75, 3.05) is 11.4 Å². The molecule has 0 bridgehead atoms. The minimum absolute atomic E-state index is 0.0561. The first-order valence-corrected chi connectivity index (χ1v) is 12.2. The van der Waals surface area contributed by atoms with E-state index in [1.165, 1.54) is 23.5 Å². The molecule has 34 heavy (non-hydrogen) atoms. The van der Waals surface area contributed by atoms with Crippen LogP contribution in [0.4, 0.5) is 5.69 Å². The lowest BCUT2D eigenvalue weighted by Crippen LogP contribution is -2.28. The van der Waals surface area contributed by atoms with E-state index in [4.69, 9.17) is 0 Å². The van der Waals surface area contributed by atoms with Crippen LogP contribution in [0.15, 0.2) is 96.4 Å². The molecule has 8 heteroatoms. The summed E-state index contributed by atoms with van der Waals surface area (Å²) in [6.45, 7) is 3.82. The number of aromatic nitrogens is 2. The second-order valence-electron chi connectivity index (χ2n) is 8.09. The number of aryl methyl sites for hydroxylation is 1. The summed E-state index contributed by atoms with van der Waals surface area (Å²) in [5.41, 5.74) is 3.77. The molecule has 0 spiro atoms. The number of hydrogen-bond donors (Lipinski definition) is 1. The fourth-order valence-corrected chi connectivity index (χ4v) is 4.80. The van der Waals surface area contributed by atoms with E-state index in [9.17, 15) is 13.2 Å². The summed E-state index contributed by atoms with van der Waals surface area (Å²) in [6, 6.07) is 20.8. The Balaban J connectivity index is 1.49. The number of hydrogen-bond acceptors (Lipinski definition) is 4. The van der Waals surface area contributed by atoms with Gasteiger partial charge in [-0.05, 0) is 61.9 Å². The third kappa shape index (κ3) is 4.87. The van der Waals surface area contributed by atoms with Gasteiger partial charge in [0.05, 0.1) is 23.0 Å². The van der Waals surface area contributed by atoms with Crippen molar-refractivity contribution >= 4 is 21.6 Å². The smallest absolute Gasteiger partial charge is 0.264 e. The molecule has 1 amide bonds. The zero-order chi connectivity index (χ0) is 24.3. The second kappa shape index (κ2) is 9.52. The summed E-state index contributed by atoms with van der Waals surface area (Å²) >= 11 is 0. The maximum atomic E-state index is 13.2. The molecule has 3 aromatic carbocycles. The standard InChI is InChI=1S/C26H26N4O3S/c1-19-7-11-23(12-8-19)29(3)34(32,33)25-6-4-5-22(17-25)26(31)28-20(2)21-9-13-24(14-10-21)30-16-15-27-18-30/h4-18,20H,1-3H3,(H,28,31)/t20-/m0/s1. The van der Waals surface area contributed by atoms with Gasteiger partial charge in [0.1, 0.15) is 0 Å². The van der Waals surface area contributed by atoms with E-state index in [2.05, 4.69) is 10.3 Å². The molecule has 0 aliphatic heterocycles. The van der Waals surface area contributed by atoms with Gasteiger partial charge in [0.25, 0.3) is 15.9 Å². The van der Waals surface area contributed by atoms with E-state index in [-0.39, 0.29) is 22.4 Å². The molecule has 0 aliphatic carbocycles. The third-order valence-corrected chi connectivity index (χ3v) is 7.48. The van der Waals surface area contributed by atoms with Crippen LogP contribution in [0.25, 0.3) is 5.69 Å². The van der Waals surface area contributed by atoms with Gasteiger partial charge in [0.15, 0.2) is 0 Å². The first-order chi connectivity index (χ1) is 16.3. The van der Waals surface area contributed by atoms with E-state index >= 15 is 0 Å². The average Bonchev–Trinajstić information content (AvgIpc) is 3.39. The second-order valence-corrected chi connectivity index (χ2v) is 10.1. The number of sulfonamides is 1. The molecule has 7 nitrogen and oxygen atoms in total. The first kappa shape index (κ1) is 23.3. The molecule has 0 unspecified atom stereocenters. The van der Waals surface area contributed by atoms with Crippen molar-refractivity contribution in [3.05, 3.63) is 108 Å². The lowest BCUT2D eigenvalue weighted by molar-refractivity contribution is 0.0939. The van der Waals surface area contributed by atoms with Crippen LogP contribution in [0.1, 0.15) is 34.5 Å². The molecular weight excluding hydrogens is 448 g/mol. The quantitative estimate of drug-likeness (QED) is 0.428. The zero-order valence-electron chi connectivity index (χ0n) is 19.2. The van der Waals surface area contributed by atoms with E-state index in [1.54, 1.807) is 36.8 Å². The maximum absolute atomic E-state index is 13.2. The van der Waals surface area contributed by atoms with Crippen LogP contribution in [0.3, 0.4) is 0 Å². The molecule has 0 saturated heterocycles. The first-order valence-electron chi connectivity index (χ1n) is 10.8. The number of nitrogens with zero attached hydrogens (tertiary/aromatic N) is 3. The number of carbonyl (C=O) groups is 1. The Morgan fingerprint density at radius 2 is 1.74 bits per heavy atom. The molecule has 0 fully saturated rings. The van der Waals surface area contributed by atoms with Crippen molar-refractivity contribution in [3.63, 3.8) is 0 Å². The highest BCUT2D eigenvalue weighted by atomic mass is 32.2. The molecule has 0 aliphatic rings. The fourth-order valence-electron chi connectivity index (χ4n) is 3.56. The molecule has 0 saturated carbocycles. The Hall–Kier alpha value is -3.91. The van der Waals surface area contributed by atoms with Gasteiger partial charge in [0.2, 0.25) is 0 Å². The van der Waals surface area contributed by atoms with E-state index < -0.39 is 10.0 Å². The predicted octanol–water partition coefficient (Wildman–Crippen LogP) is 4.50. The Bertz CT molecular complexity index is 1380. The van der Waals surface area contributed by atoms with Gasteiger partial charge >= 0.3 is 0 Å². The molecule has 1 heterocycles. The molecule has 1 atom stereocenters. The summed E-state index contributed by atoms with van der Waals surface area (Å²) in [5.74, 6) is -0.346. The highest BCUT2D eigenvalue weighted by molar-refractivity contribution is 7.92. The highest BCUT2D eigenvalue weighted by Crippen LogP contribution is 2.23. The van der Waals surface area contributed by atoms with Crippen LogP contribution in [-0.2, 0) is 10.0 Å². The number of amides is 1. The van der Waals surface area contributed by atoms with Crippen LogP contribution in [0, 0.1) is 6.92 Å². The summed E-state index contributed by atoms with van der Waals surface area (Å²) in [7, 11) is -2.32. The average molecular weight is 475 g/mol. The lowest BCUT2D eigenvalue weighted by atomic mass is 10.1. The Labute approximate surface area is 199 Å². The highest BCUT2D eigenvalue weighted by Gasteiger charge is 2.23. The van der Waals surface area contributed by atoms with Crippen molar-refractivity contribution in [1.82, 2.24) is 14.9 Å². The topological polar surface area (TPSA) is 84.3 Å². The minimum atomic E-state index is -3.82. The monoisotopic (exact) mass is 474 g/mol. The summed E-state index contributed by atoms with van der Waals surface area (Å²) < 4.78 is 29.4. The van der Waals surface area contributed by atoms with Gasteiger partial charge in [-0.1, -0.05) is 35.9 Å². The van der Waals surface area contributed by atoms with Gasteiger partial charge in [-0.2, -0.15) is 0 Å². The normalized spacial score (nSPS) is 12.2. The third-order valence-electron chi connectivity index (χ3n) is 5.70. The van der Waals surface area contributed by atoms with Crippen molar-refractivity contribution in [1.29, 1.82) is 0 Å². The van der Waals surface area contributed by atoms with Gasteiger partial charge in [-0.3, -0.25) is 9.10 Å². The molecule has 0 radical (unpaired) electrons. The van der Waals surface area contributed by atoms with Crippen molar-refractivity contribution in [2.45, 2.75) is 24.8 Å². The molecule has 1 aromatic heterocycles. The van der Waals surface area contributed by atoms with Gasteiger partial charge in [0, 0.05) is 30.7 Å². The molecule has 174 valence electrons. The number of carbonyl (C=O) groups excluding carboxylic acids is 1. The number of anilines is 1. The molecular formula is C26H26N4O3S. The van der Waals surface area contributed by atoms with Crippen LogP contribution in [-0.4, -0.2) is 30.9 Å². The Morgan fingerprint density at radius 1 is 1.03 bits per heavy atom. The molecule has 4 aromatic rings. The van der Waals surface area contributed by atoms with Crippen LogP contribution < -0.4 is 9.62 Å². The van der Waals surface area contributed by atoms with Crippen molar-refractivity contribution in [3.8, 4) is 5.69 Å². The Kier molecular flexibility index (Phi) is 6.51. The van der Waals surface area contributed by atoms with Crippen LogP contribution in [0.5, 0.6) is 0 Å². The molecule has 1 N–H and O–H groups in total. The van der Waals surface area contributed by atoms with Gasteiger partial charge < -0.3 is 9.88 Å². The van der Waals surface area contributed by atoms with E-state index in [1.807, 2.05) is 61.0 Å².